The first kappa shape index (κ1) is 8.63. The lowest BCUT2D eigenvalue weighted by molar-refractivity contribution is 0.458. The molecule has 0 saturated carbocycles. The largest absolute Gasteiger partial charge is 0.368 e. The minimum Gasteiger partial charge on any atom is -0.368 e. The molecule has 1 saturated heterocycles. The number of hydrogen-bond donors (Lipinski definition) is 2. The maximum Gasteiger partial charge on any atom is 0.358 e. The van der Waals surface area contributed by atoms with Crippen LogP contribution in [0.1, 0.15) is 12.8 Å². The Morgan fingerprint density at radius 3 is 3.18 bits per heavy atom. The van der Waals surface area contributed by atoms with E-state index in [1.165, 1.54) is 0 Å². The van der Waals surface area contributed by atoms with E-state index in [1.807, 2.05) is 0 Å². The van der Waals surface area contributed by atoms with Gasteiger partial charge < -0.3 is 4.18 Å². The van der Waals surface area contributed by atoms with Crippen LogP contribution in [0, 0.1) is 0 Å². The number of hydrogen-bond acceptors (Lipinski definition) is 4. The summed E-state index contributed by atoms with van der Waals surface area (Å²) in [4.78, 5) is 3.85. The molecule has 0 aromatic heterocycles. The molecule has 64 valence electrons. The molecule has 1 rings (SSSR count). The SMILES string of the molecule is O=S(O)OC=NC1CCCN1. The second kappa shape index (κ2) is 4.42. The van der Waals surface area contributed by atoms with Gasteiger partial charge in [-0.2, -0.15) is 4.21 Å². The lowest BCUT2D eigenvalue weighted by Crippen LogP contribution is -2.18. The van der Waals surface area contributed by atoms with Gasteiger partial charge in [0.15, 0.2) is 6.40 Å². The van der Waals surface area contributed by atoms with Gasteiger partial charge in [-0.25, -0.2) is 4.99 Å². The zero-order valence-electron chi connectivity index (χ0n) is 5.90. The molecule has 1 heterocycles. The third kappa shape index (κ3) is 3.45. The van der Waals surface area contributed by atoms with Crippen molar-refractivity contribution in [2.45, 2.75) is 19.0 Å². The Hall–Kier alpha value is -0.460. The molecule has 0 aromatic carbocycles. The van der Waals surface area contributed by atoms with E-state index in [2.05, 4.69) is 14.5 Å². The van der Waals surface area contributed by atoms with Gasteiger partial charge in [-0.1, -0.05) is 0 Å². The Bertz CT molecular complexity index is 167. The summed E-state index contributed by atoms with van der Waals surface area (Å²) in [7, 11) is 0. The molecular weight excluding hydrogens is 168 g/mol. The van der Waals surface area contributed by atoms with E-state index in [9.17, 15) is 4.21 Å². The monoisotopic (exact) mass is 178 g/mol. The summed E-state index contributed by atoms with van der Waals surface area (Å²) in [6, 6.07) is 0. The van der Waals surface area contributed by atoms with Crippen LogP contribution in [0.5, 0.6) is 0 Å². The van der Waals surface area contributed by atoms with Crippen LogP contribution >= 0.6 is 0 Å². The Morgan fingerprint density at radius 2 is 2.64 bits per heavy atom. The minimum atomic E-state index is -2.24. The highest BCUT2D eigenvalue weighted by atomic mass is 32.2. The van der Waals surface area contributed by atoms with Crippen LogP contribution in [0.3, 0.4) is 0 Å². The van der Waals surface area contributed by atoms with Crippen molar-refractivity contribution in [1.29, 1.82) is 0 Å². The highest BCUT2D eigenvalue weighted by Gasteiger charge is 2.10. The molecule has 1 aliphatic heterocycles. The van der Waals surface area contributed by atoms with E-state index >= 15 is 0 Å². The van der Waals surface area contributed by atoms with Gasteiger partial charge in [-0.05, 0) is 19.4 Å². The highest BCUT2D eigenvalue weighted by molar-refractivity contribution is 7.74. The summed E-state index contributed by atoms with van der Waals surface area (Å²) >= 11 is -2.24. The molecular formula is C5H10N2O3S. The van der Waals surface area contributed by atoms with Gasteiger partial charge in [0.1, 0.15) is 6.17 Å². The number of aliphatic imine (C=N–C) groups is 1. The number of rotatable bonds is 3. The standard InChI is InChI=1S/C5H10N2O3S/c8-11(9)10-4-7-5-2-1-3-6-5/h4-6H,1-3H2,(H,8,9). The summed E-state index contributed by atoms with van der Waals surface area (Å²) < 4.78 is 22.3. The van der Waals surface area contributed by atoms with Crippen LogP contribution in [0.15, 0.2) is 4.99 Å². The Kier molecular flexibility index (Phi) is 3.47. The molecule has 0 radical (unpaired) electrons. The minimum absolute atomic E-state index is 0.0542. The summed E-state index contributed by atoms with van der Waals surface area (Å²) in [5.41, 5.74) is 0. The second-order valence-electron chi connectivity index (χ2n) is 2.18. The summed E-state index contributed by atoms with van der Waals surface area (Å²) in [6.07, 6.45) is 3.11. The van der Waals surface area contributed by atoms with Crippen molar-refractivity contribution in [3.8, 4) is 0 Å². The smallest absolute Gasteiger partial charge is 0.358 e. The molecule has 0 spiro atoms. The summed E-state index contributed by atoms with van der Waals surface area (Å²) in [6.45, 7) is 0.949. The Morgan fingerprint density at radius 1 is 1.82 bits per heavy atom. The van der Waals surface area contributed by atoms with Gasteiger partial charge in [0, 0.05) is 0 Å². The normalized spacial score (nSPS) is 27.5. The first-order chi connectivity index (χ1) is 5.29. The van der Waals surface area contributed by atoms with E-state index in [1.54, 1.807) is 0 Å². The molecule has 2 N–H and O–H groups in total. The third-order valence-corrected chi connectivity index (χ3v) is 1.65. The lowest BCUT2D eigenvalue weighted by Gasteiger charge is -2.00. The van der Waals surface area contributed by atoms with E-state index in [0.29, 0.717) is 0 Å². The zero-order valence-corrected chi connectivity index (χ0v) is 6.71. The maximum atomic E-state index is 9.95. The van der Waals surface area contributed by atoms with Crippen molar-refractivity contribution in [3.05, 3.63) is 0 Å². The van der Waals surface area contributed by atoms with Crippen molar-refractivity contribution in [3.63, 3.8) is 0 Å². The lowest BCUT2D eigenvalue weighted by atomic mass is 10.3. The molecule has 6 heteroatoms. The predicted octanol–water partition coefficient (Wildman–Crippen LogP) is -0.122. The first-order valence-corrected chi connectivity index (χ1v) is 4.35. The molecule has 5 nitrogen and oxygen atoms in total. The molecule has 1 fully saturated rings. The molecule has 11 heavy (non-hydrogen) atoms. The Balaban J connectivity index is 2.17. The van der Waals surface area contributed by atoms with E-state index in [4.69, 9.17) is 4.55 Å². The van der Waals surface area contributed by atoms with Gasteiger partial charge in [0.2, 0.25) is 0 Å². The zero-order chi connectivity index (χ0) is 8.10. The molecule has 0 aromatic rings. The van der Waals surface area contributed by atoms with E-state index < -0.39 is 11.4 Å². The van der Waals surface area contributed by atoms with Gasteiger partial charge in [-0.3, -0.25) is 9.87 Å². The molecule has 1 aliphatic rings. The van der Waals surface area contributed by atoms with Crippen LogP contribution in [0.2, 0.25) is 0 Å². The molecule has 2 unspecified atom stereocenters. The van der Waals surface area contributed by atoms with Crippen molar-refractivity contribution in [1.82, 2.24) is 5.32 Å². The predicted molar refractivity (Wildman–Crippen MR) is 41.4 cm³/mol. The van der Waals surface area contributed by atoms with Gasteiger partial charge in [0.05, 0.1) is 0 Å². The average Bonchev–Trinajstić information content (AvgIpc) is 2.39. The number of nitrogens with one attached hydrogen (secondary N) is 1. The van der Waals surface area contributed by atoms with Crippen LogP contribution < -0.4 is 5.32 Å². The fourth-order valence-corrected chi connectivity index (χ4v) is 1.05. The Labute approximate surface area is 67.3 Å². The number of nitrogens with zero attached hydrogens (tertiary/aromatic N) is 1. The third-order valence-electron chi connectivity index (χ3n) is 1.40. The molecule has 2 atom stereocenters. The van der Waals surface area contributed by atoms with Gasteiger partial charge >= 0.3 is 11.4 Å². The van der Waals surface area contributed by atoms with Crippen molar-refractivity contribution in [2.75, 3.05) is 6.54 Å². The first-order valence-electron chi connectivity index (χ1n) is 3.32. The fraction of sp³-hybridized carbons (Fsp3) is 0.800. The van der Waals surface area contributed by atoms with Crippen molar-refractivity contribution >= 4 is 17.8 Å². The molecule has 0 aliphatic carbocycles. The molecule has 0 amide bonds. The fourth-order valence-electron chi connectivity index (χ4n) is 0.929. The van der Waals surface area contributed by atoms with Crippen LogP contribution in [0.25, 0.3) is 0 Å². The van der Waals surface area contributed by atoms with Crippen LogP contribution in [-0.2, 0) is 15.5 Å². The van der Waals surface area contributed by atoms with E-state index in [-0.39, 0.29) is 6.17 Å². The highest BCUT2D eigenvalue weighted by Crippen LogP contribution is 2.04. The average molecular weight is 178 g/mol. The molecule has 0 bridgehead atoms. The van der Waals surface area contributed by atoms with Crippen molar-refractivity contribution in [2.24, 2.45) is 4.99 Å². The summed E-state index contributed by atoms with van der Waals surface area (Å²) in [5.74, 6) is 0. The second-order valence-corrected chi connectivity index (χ2v) is 2.81. The quantitative estimate of drug-likeness (QED) is 0.359. The van der Waals surface area contributed by atoms with Crippen LogP contribution in [-0.4, -0.2) is 27.9 Å². The van der Waals surface area contributed by atoms with Gasteiger partial charge in [-0.15, -0.1) is 0 Å². The van der Waals surface area contributed by atoms with Crippen LogP contribution in [0.4, 0.5) is 0 Å². The topological polar surface area (TPSA) is 70.9 Å². The van der Waals surface area contributed by atoms with Crippen molar-refractivity contribution < 1.29 is 12.9 Å². The van der Waals surface area contributed by atoms with E-state index in [0.717, 1.165) is 25.8 Å². The maximum absolute atomic E-state index is 9.95. The van der Waals surface area contributed by atoms with Gasteiger partial charge in [0.25, 0.3) is 0 Å². The summed E-state index contributed by atoms with van der Waals surface area (Å²) in [5, 5.41) is 3.07.